The van der Waals surface area contributed by atoms with Crippen molar-refractivity contribution < 1.29 is 9.84 Å². The molecule has 2 nitrogen and oxygen atoms in total. The number of hydrogen-bond donors (Lipinski definition) is 1. The van der Waals surface area contributed by atoms with Gasteiger partial charge in [-0.2, -0.15) is 0 Å². The van der Waals surface area contributed by atoms with Crippen LogP contribution in [-0.2, 0) is 6.42 Å². The molecule has 0 spiro atoms. The third-order valence-electron chi connectivity index (χ3n) is 3.29. The fraction of sp³-hybridized carbons (Fsp3) is 0.0526. The van der Waals surface area contributed by atoms with Gasteiger partial charge in [0.15, 0.2) is 11.5 Å². The molecule has 0 fully saturated rings. The summed E-state index contributed by atoms with van der Waals surface area (Å²) in [6, 6.07) is 25.1. The predicted octanol–water partition coefficient (Wildman–Crippen LogP) is 4.78. The van der Waals surface area contributed by atoms with Crippen LogP contribution in [0.4, 0.5) is 0 Å². The van der Waals surface area contributed by atoms with Gasteiger partial charge in [0.1, 0.15) is 5.75 Å². The largest absolute Gasteiger partial charge is 0.504 e. The van der Waals surface area contributed by atoms with Gasteiger partial charge in [-0.3, -0.25) is 0 Å². The van der Waals surface area contributed by atoms with Crippen LogP contribution in [0.25, 0.3) is 0 Å². The van der Waals surface area contributed by atoms with Gasteiger partial charge in [-0.1, -0.05) is 60.7 Å². The average Bonchev–Trinajstić information content (AvgIpc) is 2.53. The highest BCUT2D eigenvalue weighted by Gasteiger charge is 2.09. The normalized spacial score (nSPS) is 10.3. The van der Waals surface area contributed by atoms with E-state index in [1.54, 1.807) is 6.07 Å². The van der Waals surface area contributed by atoms with Crippen LogP contribution in [0.5, 0.6) is 17.2 Å². The van der Waals surface area contributed by atoms with E-state index in [9.17, 15) is 5.11 Å². The summed E-state index contributed by atoms with van der Waals surface area (Å²) in [6.07, 6.45) is 0.679. The van der Waals surface area contributed by atoms with E-state index in [0.717, 1.165) is 11.1 Å². The van der Waals surface area contributed by atoms with E-state index in [1.165, 1.54) is 0 Å². The number of hydrogen-bond acceptors (Lipinski definition) is 2. The molecule has 2 heteroatoms. The Kier molecular flexibility index (Phi) is 3.88. The molecule has 0 saturated heterocycles. The summed E-state index contributed by atoms with van der Waals surface area (Å²) >= 11 is 0. The molecule has 0 amide bonds. The summed E-state index contributed by atoms with van der Waals surface area (Å²) < 4.78 is 5.74. The number of para-hydroxylation sites is 2. The van der Waals surface area contributed by atoms with Gasteiger partial charge < -0.3 is 9.84 Å². The van der Waals surface area contributed by atoms with Crippen LogP contribution < -0.4 is 4.74 Å². The summed E-state index contributed by atoms with van der Waals surface area (Å²) in [5.74, 6) is 1.39. The zero-order chi connectivity index (χ0) is 14.5. The zero-order valence-electron chi connectivity index (χ0n) is 11.6. The van der Waals surface area contributed by atoms with Crippen LogP contribution >= 0.6 is 0 Å². The summed E-state index contributed by atoms with van der Waals surface area (Å²) in [5, 5.41) is 10.4. The lowest BCUT2D eigenvalue weighted by Gasteiger charge is -2.11. The highest BCUT2D eigenvalue weighted by Crippen LogP contribution is 2.34. The lowest BCUT2D eigenvalue weighted by Crippen LogP contribution is -1.91. The fourth-order valence-corrected chi connectivity index (χ4v) is 2.22. The summed E-state index contributed by atoms with van der Waals surface area (Å²) in [7, 11) is 0. The second-order valence-electron chi connectivity index (χ2n) is 4.84. The van der Waals surface area contributed by atoms with Crippen LogP contribution in [-0.4, -0.2) is 5.11 Å². The highest BCUT2D eigenvalue weighted by molar-refractivity contribution is 5.49. The van der Waals surface area contributed by atoms with Crippen molar-refractivity contribution in [3.63, 3.8) is 0 Å². The molecule has 21 heavy (non-hydrogen) atoms. The van der Waals surface area contributed by atoms with Crippen LogP contribution in [0.15, 0.2) is 78.9 Å². The van der Waals surface area contributed by atoms with Crippen LogP contribution in [0.2, 0.25) is 0 Å². The van der Waals surface area contributed by atoms with Gasteiger partial charge in [0.05, 0.1) is 0 Å². The Morgan fingerprint density at radius 1 is 0.714 bits per heavy atom. The lowest BCUT2D eigenvalue weighted by atomic mass is 10.0. The van der Waals surface area contributed by atoms with E-state index in [4.69, 9.17) is 4.74 Å². The van der Waals surface area contributed by atoms with Crippen molar-refractivity contribution in [3.05, 3.63) is 90.0 Å². The van der Waals surface area contributed by atoms with Gasteiger partial charge in [-0.25, -0.2) is 0 Å². The van der Waals surface area contributed by atoms with Crippen molar-refractivity contribution in [1.29, 1.82) is 0 Å². The van der Waals surface area contributed by atoms with Crippen molar-refractivity contribution in [1.82, 2.24) is 0 Å². The first-order chi connectivity index (χ1) is 10.3. The minimum absolute atomic E-state index is 0.199. The van der Waals surface area contributed by atoms with Gasteiger partial charge in [0.25, 0.3) is 0 Å². The molecule has 0 aliphatic carbocycles. The van der Waals surface area contributed by atoms with E-state index in [2.05, 4.69) is 0 Å². The van der Waals surface area contributed by atoms with Gasteiger partial charge in [0.2, 0.25) is 0 Å². The Labute approximate surface area is 124 Å². The topological polar surface area (TPSA) is 29.5 Å². The fourth-order valence-electron chi connectivity index (χ4n) is 2.22. The summed E-state index contributed by atoms with van der Waals surface area (Å²) in [5.41, 5.74) is 2.01. The van der Waals surface area contributed by atoms with E-state index in [-0.39, 0.29) is 5.75 Å². The van der Waals surface area contributed by atoms with E-state index < -0.39 is 0 Å². The van der Waals surface area contributed by atoms with Gasteiger partial charge in [-0.15, -0.1) is 0 Å². The van der Waals surface area contributed by atoms with Crippen molar-refractivity contribution in [2.24, 2.45) is 0 Å². The van der Waals surface area contributed by atoms with Crippen molar-refractivity contribution in [2.75, 3.05) is 0 Å². The third kappa shape index (κ3) is 3.23. The zero-order valence-corrected chi connectivity index (χ0v) is 11.6. The molecule has 0 aliphatic rings. The van der Waals surface area contributed by atoms with Crippen molar-refractivity contribution in [2.45, 2.75) is 6.42 Å². The molecule has 0 bridgehead atoms. The first kappa shape index (κ1) is 13.3. The van der Waals surface area contributed by atoms with Crippen LogP contribution in [0.3, 0.4) is 0 Å². The average molecular weight is 276 g/mol. The van der Waals surface area contributed by atoms with E-state index >= 15 is 0 Å². The monoisotopic (exact) mass is 276 g/mol. The Morgan fingerprint density at radius 3 is 2.10 bits per heavy atom. The molecule has 0 aromatic heterocycles. The Balaban J connectivity index is 1.85. The second kappa shape index (κ2) is 6.14. The van der Waals surface area contributed by atoms with E-state index in [0.29, 0.717) is 17.9 Å². The van der Waals surface area contributed by atoms with E-state index in [1.807, 2.05) is 72.8 Å². The SMILES string of the molecule is Oc1c(Cc2ccccc2)cccc1Oc1ccccc1. The molecule has 0 saturated carbocycles. The Hall–Kier alpha value is -2.74. The minimum Gasteiger partial charge on any atom is -0.504 e. The number of phenolic OH excluding ortho intramolecular Hbond substituents is 1. The molecule has 0 radical (unpaired) electrons. The lowest BCUT2D eigenvalue weighted by molar-refractivity contribution is 0.407. The number of rotatable bonds is 4. The first-order valence-electron chi connectivity index (χ1n) is 6.90. The van der Waals surface area contributed by atoms with Gasteiger partial charge in [0, 0.05) is 12.0 Å². The number of ether oxygens (including phenoxy) is 1. The Bertz CT molecular complexity index is 646. The van der Waals surface area contributed by atoms with Crippen molar-refractivity contribution >= 4 is 0 Å². The van der Waals surface area contributed by atoms with Crippen LogP contribution in [0, 0.1) is 0 Å². The molecule has 1 N–H and O–H groups in total. The van der Waals surface area contributed by atoms with Gasteiger partial charge in [-0.05, 0) is 23.8 Å². The quantitative estimate of drug-likeness (QED) is 0.743. The molecule has 0 unspecified atom stereocenters. The smallest absolute Gasteiger partial charge is 0.169 e. The number of benzene rings is 3. The molecular formula is C19H16O2. The Morgan fingerprint density at radius 2 is 1.38 bits per heavy atom. The minimum atomic E-state index is 0.199. The maximum Gasteiger partial charge on any atom is 0.169 e. The second-order valence-corrected chi connectivity index (χ2v) is 4.84. The summed E-state index contributed by atoms with van der Waals surface area (Å²) in [6.45, 7) is 0. The highest BCUT2D eigenvalue weighted by atomic mass is 16.5. The third-order valence-corrected chi connectivity index (χ3v) is 3.29. The molecule has 0 aliphatic heterocycles. The number of aromatic hydroxyl groups is 1. The number of phenols is 1. The molecule has 3 aromatic rings. The maximum atomic E-state index is 10.4. The molecule has 0 atom stereocenters. The molecule has 3 aromatic carbocycles. The molecule has 3 rings (SSSR count). The predicted molar refractivity (Wildman–Crippen MR) is 83.9 cm³/mol. The first-order valence-corrected chi connectivity index (χ1v) is 6.90. The molecular weight excluding hydrogens is 260 g/mol. The standard InChI is InChI=1S/C19H16O2/c20-19-16(14-15-8-3-1-4-9-15)10-7-13-18(19)21-17-11-5-2-6-12-17/h1-13,20H,14H2. The molecule has 0 heterocycles. The maximum absolute atomic E-state index is 10.4. The van der Waals surface area contributed by atoms with Gasteiger partial charge >= 0.3 is 0 Å². The van der Waals surface area contributed by atoms with Crippen LogP contribution in [0.1, 0.15) is 11.1 Å². The summed E-state index contributed by atoms with van der Waals surface area (Å²) in [4.78, 5) is 0. The molecule has 104 valence electrons. The van der Waals surface area contributed by atoms with Crippen molar-refractivity contribution in [3.8, 4) is 17.2 Å².